The van der Waals surface area contributed by atoms with Crippen molar-refractivity contribution >= 4 is 10.8 Å². The van der Waals surface area contributed by atoms with Gasteiger partial charge >= 0.3 is 0 Å². The van der Waals surface area contributed by atoms with Gasteiger partial charge in [-0.25, -0.2) is 0 Å². The Morgan fingerprint density at radius 3 is 2.56 bits per heavy atom. The predicted molar refractivity (Wildman–Crippen MR) is 68.4 cm³/mol. The second-order valence-corrected chi connectivity index (χ2v) is 4.89. The van der Waals surface area contributed by atoms with E-state index in [-0.39, 0.29) is 0 Å². The minimum absolute atomic E-state index is 0.362. The molecule has 0 spiro atoms. The van der Waals surface area contributed by atoms with Crippen LogP contribution in [0.25, 0.3) is 10.8 Å². The maximum Gasteiger partial charge on any atom is 0.0108 e. The molecular weight excluding hydrogens is 194 g/mol. The summed E-state index contributed by atoms with van der Waals surface area (Å²) >= 11 is 0. The third-order valence-corrected chi connectivity index (χ3v) is 3.51. The Morgan fingerprint density at radius 1 is 1.06 bits per heavy atom. The summed E-state index contributed by atoms with van der Waals surface area (Å²) in [6.45, 7) is 0. The Labute approximate surface area is 96.3 Å². The molecule has 0 amide bonds. The summed E-state index contributed by atoms with van der Waals surface area (Å²) in [7, 11) is 0. The van der Waals surface area contributed by atoms with Gasteiger partial charge in [0.05, 0.1) is 0 Å². The first-order valence-corrected chi connectivity index (χ1v) is 6.06. The second-order valence-electron chi connectivity index (χ2n) is 4.89. The van der Waals surface area contributed by atoms with E-state index in [4.69, 9.17) is 5.73 Å². The zero-order valence-corrected chi connectivity index (χ0v) is 9.39. The van der Waals surface area contributed by atoms with Crippen LogP contribution in [0.15, 0.2) is 42.5 Å². The van der Waals surface area contributed by atoms with E-state index in [0.717, 1.165) is 12.3 Å². The molecule has 0 heterocycles. The van der Waals surface area contributed by atoms with E-state index in [0.29, 0.717) is 6.04 Å². The molecule has 0 aromatic heterocycles. The Balaban J connectivity index is 1.86. The van der Waals surface area contributed by atoms with Crippen molar-refractivity contribution in [2.75, 3.05) is 0 Å². The number of hydrogen-bond acceptors (Lipinski definition) is 1. The van der Waals surface area contributed by atoms with Crippen LogP contribution < -0.4 is 5.73 Å². The Hall–Kier alpha value is -1.34. The highest BCUT2D eigenvalue weighted by Crippen LogP contribution is 2.33. The van der Waals surface area contributed by atoms with E-state index < -0.39 is 0 Å². The fourth-order valence-corrected chi connectivity index (χ4v) is 2.33. The fraction of sp³-hybridized carbons (Fsp3) is 0.333. The first-order valence-electron chi connectivity index (χ1n) is 6.06. The topological polar surface area (TPSA) is 26.0 Å². The van der Waals surface area contributed by atoms with Crippen molar-refractivity contribution in [3.8, 4) is 0 Å². The lowest BCUT2D eigenvalue weighted by Gasteiger charge is -2.10. The van der Waals surface area contributed by atoms with Gasteiger partial charge in [-0.2, -0.15) is 0 Å². The lowest BCUT2D eigenvalue weighted by Crippen LogP contribution is -2.24. The zero-order chi connectivity index (χ0) is 11.0. The lowest BCUT2D eigenvalue weighted by atomic mass is 10.00. The number of fused-ring (bicyclic) bond motifs is 1. The van der Waals surface area contributed by atoms with Gasteiger partial charge in [-0.3, -0.25) is 0 Å². The quantitative estimate of drug-likeness (QED) is 0.829. The molecule has 1 nitrogen and oxygen atoms in total. The molecule has 1 aliphatic rings. The van der Waals surface area contributed by atoms with Crippen LogP contribution in [0.3, 0.4) is 0 Å². The SMILES string of the molecule is NC(Cc1ccc2ccccc2c1)C1CC1. The Bertz CT molecular complexity index is 500. The molecule has 1 saturated carbocycles. The summed E-state index contributed by atoms with van der Waals surface area (Å²) in [4.78, 5) is 0. The molecule has 0 radical (unpaired) electrons. The molecule has 1 aliphatic carbocycles. The molecule has 3 rings (SSSR count). The van der Waals surface area contributed by atoms with Crippen molar-refractivity contribution in [1.82, 2.24) is 0 Å². The maximum absolute atomic E-state index is 6.16. The highest BCUT2D eigenvalue weighted by Gasteiger charge is 2.28. The summed E-state index contributed by atoms with van der Waals surface area (Å²) in [6, 6.07) is 15.5. The summed E-state index contributed by atoms with van der Waals surface area (Å²) < 4.78 is 0. The summed E-state index contributed by atoms with van der Waals surface area (Å²) in [6.07, 6.45) is 3.68. The van der Waals surface area contributed by atoms with E-state index in [2.05, 4.69) is 42.5 Å². The van der Waals surface area contributed by atoms with Crippen molar-refractivity contribution in [3.63, 3.8) is 0 Å². The fourth-order valence-electron chi connectivity index (χ4n) is 2.33. The standard InChI is InChI=1S/C15H17N/c16-15(13-7-8-13)10-11-5-6-12-3-1-2-4-14(12)9-11/h1-6,9,13,15H,7-8,10,16H2. The van der Waals surface area contributed by atoms with Gasteiger partial charge in [0.15, 0.2) is 0 Å². The van der Waals surface area contributed by atoms with Gasteiger partial charge in [-0.15, -0.1) is 0 Å². The van der Waals surface area contributed by atoms with Gasteiger partial charge in [0, 0.05) is 6.04 Å². The van der Waals surface area contributed by atoms with E-state index in [1.165, 1.54) is 29.2 Å². The number of rotatable bonds is 3. The average molecular weight is 211 g/mol. The van der Waals surface area contributed by atoms with Gasteiger partial charge in [0.2, 0.25) is 0 Å². The smallest absolute Gasteiger partial charge is 0.0108 e. The molecule has 0 aliphatic heterocycles. The molecule has 1 fully saturated rings. The molecule has 1 unspecified atom stereocenters. The minimum atomic E-state index is 0.362. The van der Waals surface area contributed by atoms with E-state index in [9.17, 15) is 0 Å². The molecule has 16 heavy (non-hydrogen) atoms. The van der Waals surface area contributed by atoms with E-state index >= 15 is 0 Å². The average Bonchev–Trinajstić information content (AvgIpc) is 3.12. The largest absolute Gasteiger partial charge is 0.327 e. The van der Waals surface area contributed by atoms with Gasteiger partial charge in [0.25, 0.3) is 0 Å². The van der Waals surface area contributed by atoms with E-state index in [1.54, 1.807) is 0 Å². The molecule has 82 valence electrons. The predicted octanol–water partition coefficient (Wildman–Crippen LogP) is 3.12. The van der Waals surface area contributed by atoms with Crippen LogP contribution in [-0.2, 0) is 6.42 Å². The highest BCUT2D eigenvalue weighted by molar-refractivity contribution is 5.82. The molecule has 1 atom stereocenters. The summed E-state index contributed by atoms with van der Waals surface area (Å²) in [5, 5.41) is 2.63. The van der Waals surface area contributed by atoms with Crippen LogP contribution in [-0.4, -0.2) is 6.04 Å². The highest BCUT2D eigenvalue weighted by atomic mass is 14.7. The Morgan fingerprint density at radius 2 is 1.81 bits per heavy atom. The van der Waals surface area contributed by atoms with Crippen LogP contribution in [0.5, 0.6) is 0 Å². The van der Waals surface area contributed by atoms with Crippen LogP contribution in [0.2, 0.25) is 0 Å². The molecular formula is C15H17N. The number of nitrogens with two attached hydrogens (primary N) is 1. The first-order chi connectivity index (χ1) is 7.83. The van der Waals surface area contributed by atoms with Crippen molar-refractivity contribution in [1.29, 1.82) is 0 Å². The van der Waals surface area contributed by atoms with Crippen molar-refractivity contribution in [2.45, 2.75) is 25.3 Å². The van der Waals surface area contributed by atoms with Crippen LogP contribution in [0.4, 0.5) is 0 Å². The third kappa shape index (κ3) is 1.96. The molecule has 0 bridgehead atoms. The van der Waals surface area contributed by atoms with Crippen molar-refractivity contribution in [3.05, 3.63) is 48.0 Å². The normalized spacial score (nSPS) is 17.6. The molecule has 2 N–H and O–H groups in total. The van der Waals surface area contributed by atoms with Crippen molar-refractivity contribution < 1.29 is 0 Å². The molecule has 2 aromatic rings. The van der Waals surface area contributed by atoms with Crippen molar-refractivity contribution in [2.24, 2.45) is 11.7 Å². The molecule has 1 heteroatoms. The van der Waals surface area contributed by atoms with Gasteiger partial charge in [0.1, 0.15) is 0 Å². The first kappa shape index (κ1) is 9.86. The summed E-state index contributed by atoms with van der Waals surface area (Å²) in [5.41, 5.74) is 7.53. The zero-order valence-electron chi connectivity index (χ0n) is 9.39. The van der Waals surface area contributed by atoms with Crippen LogP contribution in [0.1, 0.15) is 18.4 Å². The van der Waals surface area contributed by atoms with E-state index in [1.807, 2.05) is 0 Å². The lowest BCUT2D eigenvalue weighted by molar-refractivity contribution is 0.592. The van der Waals surface area contributed by atoms with Gasteiger partial charge in [-0.05, 0) is 41.5 Å². The number of benzene rings is 2. The molecule has 0 saturated heterocycles. The molecule has 2 aromatic carbocycles. The van der Waals surface area contributed by atoms with Gasteiger partial charge < -0.3 is 5.73 Å². The Kier molecular flexibility index (Phi) is 2.41. The summed E-state index contributed by atoms with van der Waals surface area (Å²) in [5.74, 6) is 0.784. The maximum atomic E-state index is 6.16. The van der Waals surface area contributed by atoms with Crippen LogP contribution in [0, 0.1) is 5.92 Å². The third-order valence-electron chi connectivity index (χ3n) is 3.51. The number of hydrogen-bond donors (Lipinski definition) is 1. The second kappa shape index (κ2) is 3.91. The van der Waals surface area contributed by atoms with Gasteiger partial charge in [-0.1, -0.05) is 42.5 Å². The van der Waals surface area contributed by atoms with Crippen LogP contribution >= 0.6 is 0 Å². The monoisotopic (exact) mass is 211 g/mol. The minimum Gasteiger partial charge on any atom is -0.327 e.